The van der Waals surface area contributed by atoms with Crippen LogP contribution < -0.4 is 0 Å². The quantitative estimate of drug-likeness (QED) is 0.777. The molecule has 1 N–H and O–H groups in total. The number of carbonyl (C=O) groups is 1. The zero-order valence-corrected chi connectivity index (χ0v) is 14.6. The van der Waals surface area contributed by atoms with Crippen LogP contribution >= 0.6 is 0 Å². The third-order valence-corrected chi connectivity index (χ3v) is 8.22. The summed E-state index contributed by atoms with van der Waals surface area (Å²) in [7, 11) is 0. The molecule has 0 saturated heterocycles. The molecule has 2 heteroatoms. The smallest absolute Gasteiger partial charge is 0.139 e. The van der Waals surface area contributed by atoms with Gasteiger partial charge in [-0.3, -0.25) is 4.79 Å². The number of Topliss-reactive ketones (excluding diaryl/α,β-unsaturated/α-hetero) is 1. The molecule has 3 fully saturated rings. The lowest BCUT2D eigenvalue weighted by Gasteiger charge is -2.58. The summed E-state index contributed by atoms with van der Waals surface area (Å²) < 4.78 is 0. The fourth-order valence-electron chi connectivity index (χ4n) is 6.88. The second kappa shape index (κ2) is 5.05. The van der Waals surface area contributed by atoms with Gasteiger partial charge >= 0.3 is 0 Å². The zero-order valence-electron chi connectivity index (χ0n) is 14.6. The van der Waals surface area contributed by atoms with E-state index in [0.717, 1.165) is 50.5 Å². The molecule has 0 radical (unpaired) electrons. The van der Waals surface area contributed by atoms with Gasteiger partial charge in [-0.1, -0.05) is 32.1 Å². The molecule has 0 aliphatic heterocycles. The summed E-state index contributed by atoms with van der Waals surface area (Å²) >= 11 is 0. The van der Waals surface area contributed by atoms with Crippen LogP contribution in [0.4, 0.5) is 0 Å². The maximum atomic E-state index is 12.5. The Morgan fingerprint density at radius 2 is 2.04 bits per heavy atom. The van der Waals surface area contributed by atoms with Gasteiger partial charge < -0.3 is 5.11 Å². The topological polar surface area (TPSA) is 37.3 Å². The molecule has 0 bridgehead atoms. The average molecular weight is 314 g/mol. The van der Waals surface area contributed by atoms with Crippen molar-refractivity contribution in [3.05, 3.63) is 23.8 Å². The Labute approximate surface area is 140 Å². The molecule has 0 aromatic heterocycles. The van der Waals surface area contributed by atoms with Crippen LogP contribution in [0.25, 0.3) is 0 Å². The first-order valence-electron chi connectivity index (χ1n) is 9.53. The van der Waals surface area contributed by atoms with Gasteiger partial charge in [0.2, 0.25) is 0 Å². The molecular weight excluding hydrogens is 284 g/mol. The monoisotopic (exact) mass is 314 g/mol. The lowest BCUT2D eigenvalue weighted by molar-refractivity contribution is -0.133. The van der Waals surface area contributed by atoms with Gasteiger partial charge in [0.25, 0.3) is 0 Å². The highest BCUT2D eigenvalue weighted by Gasteiger charge is 2.59. The molecule has 4 aliphatic rings. The fourth-order valence-corrected chi connectivity index (χ4v) is 6.88. The van der Waals surface area contributed by atoms with Crippen molar-refractivity contribution in [1.29, 1.82) is 0 Å². The third-order valence-electron chi connectivity index (χ3n) is 8.22. The van der Waals surface area contributed by atoms with E-state index in [1.54, 1.807) is 5.57 Å². The summed E-state index contributed by atoms with van der Waals surface area (Å²) in [6.07, 6.45) is 10.3. The van der Waals surface area contributed by atoms with Gasteiger partial charge in [0.05, 0.1) is 6.10 Å². The van der Waals surface area contributed by atoms with Crippen LogP contribution in [0.2, 0.25) is 0 Å². The largest absolute Gasteiger partial charge is 0.388 e. The SMILES string of the molecule is C=C1C=C2CC[C@@H]3[C@H](CC[C@]4(C)C(=O)CC[C@@H]34)[C@@]2(CC)C[C@@H]1O. The molecule has 0 aromatic carbocycles. The van der Waals surface area contributed by atoms with Crippen molar-refractivity contribution in [3.63, 3.8) is 0 Å². The van der Waals surface area contributed by atoms with Gasteiger partial charge in [0.15, 0.2) is 0 Å². The molecular formula is C21H30O2. The van der Waals surface area contributed by atoms with Crippen molar-refractivity contribution < 1.29 is 9.90 Å². The maximum Gasteiger partial charge on any atom is 0.139 e. The zero-order chi connectivity index (χ0) is 16.4. The van der Waals surface area contributed by atoms with E-state index in [1.807, 2.05) is 0 Å². The van der Waals surface area contributed by atoms with Gasteiger partial charge in [-0.2, -0.15) is 0 Å². The molecule has 2 nitrogen and oxygen atoms in total. The van der Waals surface area contributed by atoms with E-state index in [1.165, 1.54) is 6.42 Å². The van der Waals surface area contributed by atoms with Crippen LogP contribution in [0.5, 0.6) is 0 Å². The lowest BCUT2D eigenvalue weighted by atomic mass is 9.46. The summed E-state index contributed by atoms with van der Waals surface area (Å²) in [5, 5.41) is 10.5. The van der Waals surface area contributed by atoms with E-state index in [-0.39, 0.29) is 16.9 Å². The van der Waals surface area contributed by atoms with Crippen molar-refractivity contribution in [2.24, 2.45) is 28.6 Å². The molecule has 0 unspecified atom stereocenters. The molecule has 23 heavy (non-hydrogen) atoms. The molecule has 4 rings (SSSR count). The number of aliphatic hydroxyl groups is 1. The Hall–Kier alpha value is -0.890. The molecule has 126 valence electrons. The van der Waals surface area contributed by atoms with Gasteiger partial charge in [-0.25, -0.2) is 0 Å². The van der Waals surface area contributed by atoms with Gasteiger partial charge in [-0.05, 0) is 73.7 Å². The number of hydrogen-bond donors (Lipinski definition) is 1. The van der Waals surface area contributed by atoms with Crippen LogP contribution in [-0.4, -0.2) is 17.0 Å². The van der Waals surface area contributed by atoms with E-state index < -0.39 is 0 Å². The molecule has 0 amide bonds. The van der Waals surface area contributed by atoms with E-state index in [9.17, 15) is 9.90 Å². The first kappa shape index (κ1) is 15.6. The summed E-state index contributed by atoms with van der Waals surface area (Å²) in [6, 6.07) is 0. The maximum absolute atomic E-state index is 12.5. The first-order chi connectivity index (χ1) is 10.9. The van der Waals surface area contributed by atoms with Crippen molar-refractivity contribution in [2.45, 2.75) is 71.3 Å². The number of rotatable bonds is 1. The molecule has 0 aromatic rings. The fraction of sp³-hybridized carbons (Fsp3) is 0.762. The Kier molecular flexibility index (Phi) is 3.43. The number of carbonyl (C=O) groups excluding carboxylic acids is 1. The highest BCUT2D eigenvalue weighted by molar-refractivity contribution is 5.87. The predicted octanol–water partition coefficient (Wildman–Crippen LogP) is 4.44. The van der Waals surface area contributed by atoms with E-state index in [2.05, 4.69) is 26.5 Å². The number of allylic oxidation sites excluding steroid dienone is 1. The molecule has 6 atom stereocenters. The standard InChI is InChI=1S/C21H30O2/c1-4-21-12-18(22)13(2)11-14(21)5-6-15-16-7-8-19(23)20(16,3)10-9-17(15)21/h11,15-18,22H,2,4-10,12H2,1,3H3/t15-,16-,17-,18-,20-,21-/m0/s1. The second-order valence-corrected chi connectivity index (χ2v) is 8.81. The third kappa shape index (κ3) is 1.94. The van der Waals surface area contributed by atoms with Gasteiger partial charge in [0.1, 0.15) is 5.78 Å². The number of aliphatic hydroxyl groups excluding tert-OH is 1. The van der Waals surface area contributed by atoms with Crippen molar-refractivity contribution in [3.8, 4) is 0 Å². The average Bonchev–Trinajstić information content (AvgIpc) is 2.84. The van der Waals surface area contributed by atoms with Crippen molar-refractivity contribution in [1.82, 2.24) is 0 Å². The van der Waals surface area contributed by atoms with Gasteiger partial charge in [0, 0.05) is 11.8 Å². The lowest BCUT2D eigenvalue weighted by Crippen LogP contribution is -2.52. The summed E-state index contributed by atoms with van der Waals surface area (Å²) in [5.41, 5.74) is 2.56. The second-order valence-electron chi connectivity index (χ2n) is 8.81. The van der Waals surface area contributed by atoms with Crippen molar-refractivity contribution >= 4 is 5.78 Å². The minimum absolute atomic E-state index is 0.0474. The minimum Gasteiger partial charge on any atom is -0.388 e. The Balaban J connectivity index is 1.74. The van der Waals surface area contributed by atoms with Crippen LogP contribution in [0.3, 0.4) is 0 Å². The van der Waals surface area contributed by atoms with Crippen LogP contribution in [0, 0.1) is 28.6 Å². The van der Waals surface area contributed by atoms with E-state index in [4.69, 9.17) is 0 Å². The molecule has 3 saturated carbocycles. The van der Waals surface area contributed by atoms with Crippen LogP contribution in [0.15, 0.2) is 23.8 Å². The molecule has 0 spiro atoms. The number of ketones is 1. The van der Waals surface area contributed by atoms with Gasteiger partial charge in [-0.15, -0.1) is 0 Å². The highest BCUT2D eigenvalue weighted by Crippen LogP contribution is 2.65. The Morgan fingerprint density at radius 3 is 2.78 bits per heavy atom. The first-order valence-corrected chi connectivity index (χ1v) is 9.53. The number of fused-ring (bicyclic) bond motifs is 5. The molecule has 0 heterocycles. The van der Waals surface area contributed by atoms with Crippen LogP contribution in [-0.2, 0) is 4.79 Å². The normalized spacial score (nSPS) is 49.3. The van der Waals surface area contributed by atoms with E-state index >= 15 is 0 Å². The summed E-state index contributed by atoms with van der Waals surface area (Å²) in [4.78, 5) is 12.5. The predicted molar refractivity (Wildman–Crippen MR) is 91.9 cm³/mol. The number of hydrogen-bond acceptors (Lipinski definition) is 2. The Morgan fingerprint density at radius 1 is 1.26 bits per heavy atom. The molecule has 4 aliphatic carbocycles. The van der Waals surface area contributed by atoms with Crippen LogP contribution in [0.1, 0.15) is 65.2 Å². The van der Waals surface area contributed by atoms with E-state index in [0.29, 0.717) is 23.5 Å². The summed E-state index contributed by atoms with van der Waals surface area (Å²) in [5.74, 6) is 2.43. The minimum atomic E-state index is -0.379. The Bertz CT molecular complexity index is 589. The highest BCUT2D eigenvalue weighted by atomic mass is 16.3. The van der Waals surface area contributed by atoms with Crippen molar-refractivity contribution in [2.75, 3.05) is 0 Å². The summed E-state index contributed by atoms with van der Waals surface area (Å²) in [6.45, 7) is 8.60.